The molecule has 1 atom stereocenters. The Balaban J connectivity index is 1.36. The van der Waals surface area contributed by atoms with Crippen molar-refractivity contribution in [1.82, 2.24) is 0 Å². The Morgan fingerprint density at radius 2 is 1.71 bits per heavy atom. The third-order valence-corrected chi connectivity index (χ3v) is 4.54. The van der Waals surface area contributed by atoms with Gasteiger partial charge in [-0.25, -0.2) is 4.79 Å². The summed E-state index contributed by atoms with van der Waals surface area (Å²) in [5.41, 5.74) is 0.923. The molecule has 0 saturated heterocycles. The number of anilines is 2. The standard InChI is InChI=1S/C23H18N2O6/c26-21(24-15-7-9-17(10-8-15)30-16-4-2-1-3-5-16)13-20-22(27)25-18-11-6-14(23(28)29)12-19(18)31-20/h1-12,20H,13H2,(H,24,26)(H,25,27)(H,28,29). The molecule has 0 aromatic heterocycles. The van der Waals surface area contributed by atoms with Gasteiger partial charge in [-0.05, 0) is 54.6 Å². The average molecular weight is 418 g/mol. The molecule has 1 aliphatic rings. The van der Waals surface area contributed by atoms with Crippen LogP contribution < -0.4 is 20.1 Å². The highest BCUT2D eigenvalue weighted by molar-refractivity contribution is 6.02. The largest absolute Gasteiger partial charge is 0.478 e. The van der Waals surface area contributed by atoms with Crippen LogP contribution in [-0.4, -0.2) is 29.0 Å². The Kier molecular flexibility index (Phi) is 5.53. The van der Waals surface area contributed by atoms with Gasteiger partial charge < -0.3 is 25.2 Å². The van der Waals surface area contributed by atoms with Gasteiger partial charge >= 0.3 is 5.97 Å². The van der Waals surface area contributed by atoms with Crippen LogP contribution in [0.3, 0.4) is 0 Å². The smallest absolute Gasteiger partial charge is 0.335 e. The van der Waals surface area contributed by atoms with Crippen molar-refractivity contribution >= 4 is 29.2 Å². The highest BCUT2D eigenvalue weighted by Crippen LogP contribution is 2.31. The maximum Gasteiger partial charge on any atom is 0.335 e. The molecule has 1 heterocycles. The average Bonchev–Trinajstić information content (AvgIpc) is 2.76. The van der Waals surface area contributed by atoms with E-state index in [1.54, 1.807) is 24.3 Å². The molecule has 156 valence electrons. The minimum atomic E-state index is -1.11. The molecule has 0 bridgehead atoms. The summed E-state index contributed by atoms with van der Waals surface area (Å²) in [6, 6.07) is 20.2. The van der Waals surface area contributed by atoms with E-state index in [0.29, 0.717) is 22.9 Å². The summed E-state index contributed by atoms with van der Waals surface area (Å²) >= 11 is 0. The van der Waals surface area contributed by atoms with Crippen molar-refractivity contribution in [3.63, 3.8) is 0 Å². The SMILES string of the molecule is O=C(CC1Oc2cc(C(=O)O)ccc2NC1=O)Nc1ccc(Oc2ccccc2)cc1. The van der Waals surface area contributed by atoms with Crippen LogP contribution in [0.1, 0.15) is 16.8 Å². The highest BCUT2D eigenvalue weighted by Gasteiger charge is 2.30. The zero-order chi connectivity index (χ0) is 21.8. The molecule has 31 heavy (non-hydrogen) atoms. The van der Waals surface area contributed by atoms with Crippen molar-refractivity contribution in [3.05, 3.63) is 78.4 Å². The van der Waals surface area contributed by atoms with Gasteiger partial charge in [0.05, 0.1) is 17.7 Å². The normalized spacial score (nSPS) is 14.6. The van der Waals surface area contributed by atoms with E-state index in [4.69, 9.17) is 14.6 Å². The van der Waals surface area contributed by atoms with E-state index in [9.17, 15) is 14.4 Å². The van der Waals surface area contributed by atoms with Gasteiger partial charge in [-0.2, -0.15) is 0 Å². The topological polar surface area (TPSA) is 114 Å². The molecule has 4 rings (SSSR count). The van der Waals surface area contributed by atoms with Crippen molar-refractivity contribution in [2.24, 2.45) is 0 Å². The van der Waals surface area contributed by atoms with Crippen molar-refractivity contribution in [2.45, 2.75) is 12.5 Å². The second-order valence-corrected chi connectivity index (χ2v) is 6.80. The number of fused-ring (bicyclic) bond motifs is 1. The van der Waals surface area contributed by atoms with E-state index in [-0.39, 0.29) is 17.7 Å². The predicted octanol–water partition coefficient (Wildman–Crippen LogP) is 3.91. The fourth-order valence-corrected chi connectivity index (χ4v) is 3.02. The van der Waals surface area contributed by atoms with Crippen LogP contribution >= 0.6 is 0 Å². The zero-order valence-electron chi connectivity index (χ0n) is 16.2. The third-order valence-electron chi connectivity index (χ3n) is 4.54. The number of carbonyl (C=O) groups is 3. The molecule has 8 nitrogen and oxygen atoms in total. The molecule has 3 aromatic rings. The molecule has 1 unspecified atom stereocenters. The summed E-state index contributed by atoms with van der Waals surface area (Å²) < 4.78 is 11.3. The fourth-order valence-electron chi connectivity index (χ4n) is 3.02. The van der Waals surface area contributed by atoms with Crippen molar-refractivity contribution < 1.29 is 29.0 Å². The lowest BCUT2D eigenvalue weighted by Crippen LogP contribution is -2.39. The van der Waals surface area contributed by atoms with Crippen LogP contribution in [-0.2, 0) is 9.59 Å². The number of amides is 2. The lowest BCUT2D eigenvalue weighted by molar-refractivity contribution is -0.128. The summed E-state index contributed by atoms with van der Waals surface area (Å²) in [6.07, 6.45) is -1.30. The molecule has 0 spiro atoms. The van der Waals surface area contributed by atoms with E-state index in [0.717, 1.165) is 0 Å². The number of carboxylic acid groups (broad SMARTS) is 1. The molecule has 0 aliphatic carbocycles. The summed E-state index contributed by atoms with van der Waals surface area (Å²) in [6.45, 7) is 0. The number of para-hydroxylation sites is 1. The van der Waals surface area contributed by atoms with E-state index < -0.39 is 23.9 Å². The molecule has 0 fully saturated rings. The van der Waals surface area contributed by atoms with E-state index in [1.807, 2.05) is 30.3 Å². The molecule has 2 amide bonds. The van der Waals surface area contributed by atoms with Crippen LogP contribution in [0, 0.1) is 0 Å². The Bertz CT molecular complexity index is 1130. The Labute approximate surface area is 177 Å². The van der Waals surface area contributed by atoms with Crippen molar-refractivity contribution in [2.75, 3.05) is 10.6 Å². The number of aromatic carboxylic acids is 1. The number of benzene rings is 3. The molecular formula is C23H18N2O6. The Morgan fingerprint density at radius 3 is 2.42 bits per heavy atom. The number of ether oxygens (including phenoxy) is 2. The number of nitrogens with one attached hydrogen (secondary N) is 2. The van der Waals surface area contributed by atoms with Crippen LogP contribution in [0.15, 0.2) is 72.8 Å². The predicted molar refractivity (Wildman–Crippen MR) is 113 cm³/mol. The number of carboxylic acids is 1. The van der Waals surface area contributed by atoms with Crippen LogP contribution in [0.5, 0.6) is 17.2 Å². The third kappa shape index (κ3) is 4.81. The number of hydrogen-bond acceptors (Lipinski definition) is 5. The van der Waals surface area contributed by atoms with Gasteiger partial charge in [0.25, 0.3) is 5.91 Å². The summed E-state index contributed by atoms with van der Waals surface area (Å²) in [5.74, 6) is -0.486. The minimum Gasteiger partial charge on any atom is -0.478 e. The van der Waals surface area contributed by atoms with Gasteiger partial charge in [0.15, 0.2) is 6.10 Å². The number of carbonyl (C=O) groups excluding carboxylic acids is 2. The number of hydrogen-bond donors (Lipinski definition) is 3. The monoisotopic (exact) mass is 418 g/mol. The van der Waals surface area contributed by atoms with E-state index in [1.165, 1.54) is 18.2 Å². The molecule has 0 radical (unpaired) electrons. The highest BCUT2D eigenvalue weighted by atomic mass is 16.5. The van der Waals surface area contributed by atoms with Gasteiger partial charge in [-0.3, -0.25) is 9.59 Å². The zero-order valence-corrected chi connectivity index (χ0v) is 16.2. The van der Waals surface area contributed by atoms with E-state index in [2.05, 4.69) is 10.6 Å². The second kappa shape index (κ2) is 8.58. The maximum absolute atomic E-state index is 12.4. The van der Waals surface area contributed by atoms with E-state index >= 15 is 0 Å². The number of rotatable bonds is 6. The first-order chi connectivity index (χ1) is 15.0. The Hall–Kier alpha value is -4.33. The maximum atomic E-state index is 12.4. The Morgan fingerprint density at radius 1 is 1.00 bits per heavy atom. The first-order valence-corrected chi connectivity index (χ1v) is 9.45. The van der Waals surface area contributed by atoms with Crippen molar-refractivity contribution in [3.8, 4) is 17.2 Å². The molecule has 3 aromatic carbocycles. The van der Waals surface area contributed by atoms with Gasteiger partial charge in [0, 0.05) is 5.69 Å². The van der Waals surface area contributed by atoms with Gasteiger partial charge in [-0.15, -0.1) is 0 Å². The van der Waals surface area contributed by atoms with Gasteiger partial charge in [0.2, 0.25) is 5.91 Å². The van der Waals surface area contributed by atoms with Crippen LogP contribution in [0.2, 0.25) is 0 Å². The summed E-state index contributed by atoms with van der Waals surface area (Å²) in [7, 11) is 0. The molecule has 3 N–H and O–H groups in total. The first-order valence-electron chi connectivity index (χ1n) is 9.45. The molecule has 1 aliphatic heterocycles. The lowest BCUT2D eigenvalue weighted by Gasteiger charge is -2.25. The summed E-state index contributed by atoms with van der Waals surface area (Å²) in [5, 5.41) is 14.4. The quantitative estimate of drug-likeness (QED) is 0.559. The molecule has 8 heteroatoms. The second-order valence-electron chi connectivity index (χ2n) is 6.80. The molecule has 0 saturated carbocycles. The van der Waals surface area contributed by atoms with Gasteiger partial charge in [-0.1, -0.05) is 18.2 Å². The fraction of sp³-hybridized carbons (Fsp3) is 0.0870. The summed E-state index contributed by atoms with van der Waals surface area (Å²) in [4.78, 5) is 35.7. The lowest BCUT2D eigenvalue weighted by atomic mass is 10.1. The first kappa shape index (κ1) is 20.0. The molecular weight excluding hydrogens is 400 g/mol. The van der Waals surface area contributed by atoms with Crippen LogP contribution in [0.25, 0.3) is 0 Å². The van der Waals surface area contributed by atoms with Gasteiger partial charge in [0.1, 0.15) is 17.2 Å². The van der Waals surface area contributed by atoms with Crippen LogP contribution in [0.4, 0.5) is 11.4 Å². The minimum absolute atomic E-state index is 0.0240. The van der Waals surface area contributed by atoms with Crippen molar-refractivity contribution in [1.29, 1.82) is 0 Å².